The molecule has 0 aromatic heterocycles. The molecule has 1 aliphatic carbocycles. The van der Waals surface area contributed by atoms with Crippen molar-refractivity contribution in [2.75, 3.05) is 6.54 Å². The van der Waals surface area contributed by atoms with Crippen molar-refractivity contribution in [1.29, 1.82) is 0 Å². The minimum absolute atomic E-state index is 0.275. The third-order valence-corrected chi connectivity index (χ3v) is 4.71. The number of rotatable bonds is 4. The molecule has 20 heavy (non-hydrogen) atoms. The van der Waals surface area contributed by atoms with E-state index in [1.165, 1.54) is 12.0 Å². The van der Waals surface area contributed by atoms with Gasteiger partial charge in [0.15, 0.2) is 0 Å². The van der Waals surface area contributed by atoms with Gasteiger partial charge in [-0.2, -0.15) is 0 Å². The van der Waals surface area contributed by atoms with Crippen LogP contribution < -0.4 is 11.5 Å². The number of primary amides is 1. The van der Waals surface area contributed by atoms with Gasteiger partial charge in [-0.3, -0.25) is 9.69 Å². The van der Waals surface area contributed by atoms with Crippen LogP contribution in [0.15, 0.2) is 30.3 Å². The lowest BCUT2D eigenvalue weighted by Crippen LogP contribution is -2.50. The fourth-order valence-electron chi connectivity index (χ4n) is 4.08. The van der Waals surface area contributed by atoms with E-state index >= 15 is 0 Å². The topological polar surface area (TPSA) is 72.3 Å². The number of likely N-dealkylation sites (tertiary alicyclic amines) is 1. The summed E-state index contributed by atoms with van der Waals surface area (Å²) in [4.78, 5) is 13.7. The normalized spacial score (nSPS) is 33.2. The molecule has 1 aliphatic heterocycles. The first kappa shape index (κ1) is 13.6. The molecule has 3 atom stereocenters. The second kappa shape index (κ2) is 5.19. The molecule has 1 aromatic carbocycles. The lowest BCUT2D eigenvalue weighted by molar-refractivity contribution is -0.119. The van der Waals surface area contributed by atoms with Gasteiger partial charge in [-0.1, -0.05) is 30.3 Å². The molecule has 0 radical (unpaired) electrons. The first-order chi connectivity index (χ1) is 9.54. The molecule has 1 heterocycles. The lowest BCUT2D eigenvalue weighted by Gasteiger charge is -2.37. The summed E-state index contributed by atoms with van der Waals surface area (Å²) in [5.74, 6) is 0.338. The zero-order chi connectivity index (χ0) is 14.2. The van der Waals surface area contributed by atoms with Crippen molar-refractivity contribution in [1.82, 2.24) is 4.90 Å². The molecule has 2 bridgehead atoms. The van der Waals surface area contributed by atoms with Gasteiger partial charge in [-0.25, -0.2) is 0 Å². The minimum Gasteiger partial charge on any atom is -0.370 e. The predicted molar refractivity (Wildman–Crippen MR) is 78.7 cm³/mol. The first-order valence-corrected chi connectivity index (χ1v) is 7.39. The zero-order valence-corrected chi connectivity index (χ0v) is 11.8. The molecule has 3 unspecified atom stereocenters. The Balaban J connectivity index is 1.68. The number of benzene rings is 1. The van der Waals surface area contributed by atoms with E-state index in [4.69, 9.17) is 11.5 Å². The van der Waals surface area contributed by atoms with Gasteiger partial charge in [0.2, 0.25) is 5.91 Å². The average Bonchev–Trinajstić information content (AvgIpc) is 2.64. The van der Waals surface area contributed by atoms with E-state index in [2.05, 4.69) is 29.2 Å². The maximum Gasteiger partial charge on any atom is 0.219 e. The van der Waals surface area contributed by atoms with E-state index in [1.807, 2.05) is 6.07 Å². The molecule has 0 spiro atoms. The Morgan fingerprint density at radius 3 is 2.75 bits per heavy atom. The van der Waals surface area contributed by atoms with Gasteiger partial charge < -0.3 is 11.5 Å². The second-order valence-corrected chi connectivity index (χ2v) is 6.58. The average molecular weight is 273 g/mol. The van der Waals surface area contributed by atoms with E-state index < -0.39 is 0 Å². The quantitative estimate of drug-likeness (QED) is 0.867. The first-order valence-electron chi connectivity index (χ1n) is 7.39. The van der Waals surface area contributed by atoms with Crippen LogP contribution in [0.4, 0.5) is 0 Å². The summed E-state index contributed by atoms with van der Waals surface area (Å²) in [5.41, 5.74) is 12.7. The zero-order valence-electron chi connectivity index (χ0n) is 11.8. The molecule has 3 rings (SSSR count). The number of carbonyl (C=O) groups excluding carboxylic acids is 1. The number of fused-ring (bicyclic) bond motifs is 2. The van der Waals surface area contributed by atoms with Gasteiger partial charge in [-0.15, -0.1) is 0 Å². The van der Waals surface area contributed by atoms with Gasteiger partial charge in [0, 0.05) is 31.1 Å². The highest BCUT2D eigenvalue weighted by Crippen LogP contribution is 2.41. The molecule has 4 nitrogen and oxygen atoms in total. The molecule has 1 amide bonds. The van der Waals surface area contributed by atoms with Gasteiger partial charge in [0.25, 0.3) is 0 Å². The van der Waals surface area contributed by atoms with Crippen molar-refractivity contribution in [2.45, 2.75) is 43.8 Å². The summed E-state index contributed by atoms with van der Waals surface area (Å²) < 4.78 is 0. The van der Waals surface area contributed by atoms with Crippen LogP contribution >= 0.6 is 0 Å². The SMILES string of the molecule is NC(=O)CC1(N)CC2CC(C1)N(Cc1ccccc1)C2. The van der Waals surface area contributed by atoms with E-state index in [9.17, 15) is 4.79 Å². The van der Waals surface area contributed by atoms with Crippen LogP contribution in [0.3, 0.4) is 0 Å². The predicted octanol–water partition coefficient (Wildman–Crippen LogP) is 1.24. The van der Waals surface area contributed by atoms with Crippen LogP contribution in [0, 0.1) is 5.92 Å². The number of hydrogen-bond donors (Lipinski definition) is 2. The molecule has 2 aliphatic rings. The highest BCUT2D eigenvalue weighted by molar-refractivity contribution is 5.75. The smallest absolute Gasteiger partial charge is 0.219 e. The van der Waals surface area contributed by atoms with Crippen molar-refractivity contribution in [3.05, 3.63) is 35.9 Å². The third kappa shape index (κ3) is 2.86. The maximum atomic E-state index is 11.2. The molecule has 2 fully saturated rings. The van der Waals surface area contributed by atoms with Crippen molar-refractivity contribution >= 4 is 5.91 Å². The summed E-state index contributed by atoms with van der Waals surface area (Å²) in [5, 5.41) is 0. The Morgan fingerprint density at radius 2 is 2.05 bits per heavy atom. The summed E-state index contributed by atoms with van der Waals surface area (Å²) in [6.45, 7) is 2.08. The van der Waals surface area contributed by atoms with Crippen LogP contribution in [0.1, 0.15) is 31.2 Å². The summed E-state index contributed by atoms with van der Waals surface area (Å²) in [6, 6.07) is 11.0. The van der Waals surface area contributed by atoms with Crippen molar-refractivity contribution < 1.29 is 4.79 Å². The molecule has 1 saturated heterocycles. The van der Waals surface area contributed by atoms with Gasteiger partial charge in [0.1, 0.15) is 0 Å². The van der Waals surface area contributed by atoms with E-state index in [1.54, 1.807) is 0 Å². The second-order valence-electron chi connectivity index (χ2n) is 6.58. The third-order valence-electron chi connectivity index (χ3n) is 4.71. The van der Waals surface area contributed by atoms with Gasteiger partial charge >= 0.3 is 0 Å². The fraction of sp³-hybridized carbons (Fsp3) is 0.562. The molecule has 4 heteroatoms. The standard InChI is InChI=1S/C16H23N3O/c17-15(20)9-16(18)7-13-6-14(8-16)19(11-13)10-12-4-2-1-3-5-12/h1-5,13-14H,6-11,18H2,(H2,17,20). The van der Waals surface area contributed by atoms with Crippen LogP contribution in [-0.2, 0) is 11.3 Å². The fourth-order valence-corrected chi connectivity index (χ4v) is 4.08. The van der Waals surface area contributed by atoms with Crippen LogP contribution in [0.2, 0.25) is 0 Å². The van der Waals surface area contributed by atoms with Crippen molar-refractivity contribution in [3.8, 4) is 0 Å². The Kier molecular flexibility index (Phi) is 3.52. The number of nitrogens with zero attached hydrogens (tertiary/aromatic N) is 1. The monoisotopic (exact) mass is 273 g/mol. The summed E-state index contributed by atoms with van der Waals surface area (Å²) in [6.07, 6.45) is 3.35. The molecule has 108 valence electrons. The highest BCUT2D eigenvalue weighted by atomic mass is 16.1. The van der Waals surface area contributed by atoms with Crippen LogP contribution in [0.5, 0.6) is 0 Å². The van der Waals surface area contributed by atoms with Crippen molar-refractivity contribution in [3.63, 3.8) is 0 Å². The van der Waals surface area contributed by atoms with E-state index in [0.717, 1.165) is 25.9 Å². The van der Waals surface area contributed by atoms with Crippen LogP contribution in [0.25, 0.3) is 0 Å². The molecular weight excluding hydrogens is 250 g/mol. The Hall–Kier alpha value is -1.39. The summed E-state index contributed by atoms with van der Waals surface area (Å²) in [7, 11) is 0. The lowest BCUT2D eigenvalue weighted by atomic mass is 9.74. The van der Waals surface area contributed by atoms with Gasteiger partial charge in [-0.05, 0) is 30.7 Å². The summed E-state index contributed by atoms with van der Waals surface area (Å²) >= 11 is 0. The maximum absolute atomic E-state index is 11.2. The molecule has 1 saturated carbocycles. The minimum atomic E-state index is -0.384. The molecular formula is C16H23N3O. The molecule has 1 aromatic rings. The largest absolute Gasteiger partial charge is 0.370 e. The number of carbonyl (C=O) groups is 1. The number of hydrogen-bond acceptors (Lipinski definition) is 3. The Morgan fingerprint density at radius 1 is 1.30 bits per heavy atom. The van der Waals surface area contributed by atoms with Crippen LogP contribution in [-0.4, -0.2) is 28.9 Å². The Labute approximate surface area is 120 Å². The van der Waals surface area contributed by atoms with Gasteiger partial charge in [0.05, 0.1) is 0 Å². The number of nitrogens with two attached hydrogens (primary N) is 2. The highest BCUT2D eigenvalue weighted by Gasteiger charge is 2.45. The van der Waals surface area contributed by atoms with Crippen molar-refractivity contribution in [2.24, 2.45) is 17.4 Å². The van der Waals surface area contributed by atoms with E-state index in [-0.39, 0.29) is 11.4 Å². The van der Waals surface area contributed by atoms with E-state index in [0.29, 0.717) is 18.4 Å². The number of amides is 1. The molecule has 4 N–H and O–H groups in total. The Bertz CT molecular complexity index is 490.